The van der Waals surface area contributed by atoms with E-state index in [1.807, 2.05) is 71.4 Å². The summed E-state index contributed by atoms with van der Waals surface area (Å²) in [5, 5.41) is 11.3. The molecule has 0 aliphatic heterocycles. The number of rotatable bonds is 6. The minimum atomic E-state index is -0.0521. The molecule has 134 valence electrons. The van der Waals surface area contributed by atoms with Gasteiger partial charge in [0.2, 0.25) is 0 Å². The zero-order chi connectivity index (χ0) is 18.5. The number of hydrogen-bond donors (Lipinski definition) is 1. The molecule has 1 N–H and O–H groups in total. The lowest BCUT2D eigenvalue weighted by atomic mass is 10.1. The van der Waals surface area contributed by atoms with Crippen molar-refractivity contribution in [1.29, 1.82) is 0 Å². The molecule has 1 amide bonds. The summed E-state index contributed by atoms with van der Waals surface area (Å²) in [5.41, 5.74) is 4.84. The van der Waals surface area contributed by atoms with Crippen LogP contribution in [0.5, 0.6) is 0 Å². The largest absolute Gasteiger partial charge is 0.352 e. The Labute approximate surface area is 157 Å². The predicted molar refractivity (Wildman–Crippen MR) is 106 cm³/mol. The molecule has 0 aliphatic rings. The van der Waals surface area contributed by atoms with Gasteiger partial charge in [-0.25, -0.2) is 4.68 Å². The van der Waals surface area contributed by atoms with Crippen LogP contribution in [0.15, 0.2) is 78.9 Å². The summed E-state index contributed by atoms with van der Waals surface area (Å²) in [5.74, 6) is -0.0521. The number of fused-ring (bicyclic) bond motifs is 1. The van der Waals surface area contributed by atoms with Crippen molar-refractivity contribution < 1.29 is 4.79 Å². The first-order chi connectivity index (χ1) is 13.3. The molecule has 0 saturated carbocycles. The summed E-state index contributed by atoms with van der Waals surface area (Å²) in [6, 6.07) is 25.6. The van der Waals surface area contributed by atoms with Gasteiger partial charge in [0.25, 0.3) is 5.91 Å². The standard InChI is InChI=1S/C22H20N4O/c27-22(23-15-14-17-6-2-1-3-7-17)19-12-10-18(11-13-19)16-26-21-9-5-4-8-20(21)24-25-26/h1-13H,14-16H2,(H,23,27). The maximum atomic E-state index is 12.3. The maximum Gasteiger partial charge on any atom is 0.251 e. The number of nitrogens with one attached hydrogen (secondary N) is 1. The molecule has 0 spiro atoms. The average molecular weight is 356 g/mol. The van der Waals surface area contributed by atoms with Gasteiger partial charge in [-0.2, -0.15) is 0 Å². The van der Waals surface area contributed by atoms with Crippen LogP contribution in [0, 0.1) is 0 Å². The highest BCUT2D eigenvalue weighted by atomic mass is 16.1. The summed E-state index contributed by atoms with van der Waals surface area (Å²) in [6.45, 7) is 1.24. The average Bonchev–Trinajstić information content (AvgIpc) is 3.12. The van der Waals surface area contributed by atoms with Gasteiger partial charge < -0.3 is 5.32 Å². The summed E-state index contributed by atoms with van der Waals surface area (Å²) in [4.78, 5) is 12.3. The van der Waals surface area contributed by atoms with E-state index in [1.54, 1.807) is 0 Å². The highest BCUT2D eigenvalue weighted by molar-refractivity contribution is 5.94. The monoisotopic (exact) mass is 356 g/mol. The molecule has 0 unspecified atom stereocenters. The highest BCUT2D eigenvalue weighted by Crippen LogP contribution is 2.13. The first kappa shape index (κ1) is 17.0. The molecule has 0 saturated heterocycles. The van der Waals surface area contributed by atoms with E-state index in [0.29, 0.717) is 18.7 Å². The number of para-hydroxylation sites is 1. The van der Waals surface area contributed by atoms with E-state index in [9.17, 15) is 4.79 Å². The third-order valence-corrected chi connectivity index (χ3v) is 4.51. The Bertz CT molecular complexity index is 1040. The van der Waals surface area contributed by atoms with E-state index in [1.165, 1.54) is 5.56 Å². The van der Waals surface area contributed by atoms with Gasteiger partial charge in [0.15, 0.2) is 0 Å². The van der Waals surface area contributed by atoms with E-state index in [2.05, 4.69) is 27.8 Å². The molecule has 0 atom stereocenters. The molecule has 4 rings (SSSR count). The van der Waals surface area contributed by atoms with Crippen molar-refractivity contribution in [3.8, 4) is 0 Å². The molecular weight excluding hydrogens is 336 g/mol. The van der Waals surface area contributed by atoms with Crippen molar-refractivity contribution in [2.45, 2.75) is 13.0 Å². The first-order valence-electron chi connectivity index (χ1n) is 8.99. The number of aromatic nitrogens is 3. The molecule has 0 bridgehead atoms. The number of hydrogen-bond acceptors (Lipinski definition) is 3. The predicted octanol–water partition coefficient (Wildman–Crippen LogP) is 3.45. The number of amides is 1. The Morgan fingerprint density at radius 2 is 1.59 bits per heavy atom. The first-order valence-corrected chi connectivity index (χ1v) is 8.99. The Kier molecular flexibility index (Phi) is 4.92. The zero-order valence-electron chi connectivity index (χ0n) is 14.9. The zero-order valence-corrected chi connectivity index (χ0v) is 14.9. The van der Waals surface area contributed by atoms with Gasteiger partial charge in [-0.3, -0.25) is 4.79 Å². The highest BCUT2D eigenvalue weighted by Gasteiger charge is 2.07. The Morgan fingerprint density at radius 1 is 0.852 bits per heavy atom. The Morgan fingerprint density at radius 3 is 2.41 bits per heavy atom. The fourth-order valence-corrected chi connectivity index (χ4v) is 3.04. The molecular formula is C22H20N4O. The lowest BCUT2D eigenvalue weighted by Crippen LogP contribution is -2.25. The number of nitrogens with zero attached hydrogens (tertiary/aromatic N) is 3. The molecule has 1 heterocycles. The van der Waals surface area contributed by atoms with Gasteiger partial charge in [-0.05, 0) is 41.8 Å². The van der Waals surface area contributed by atoms with Crippen LogP contribution in [0.25, 0.3) is 11.0 Å². The lowest BCUT2D eigenvalue weighted by Gasteiger charge is -2.07. The molecule has 0 radical (unpaired) electrons. The number of carbonyl (C=O) groups excluding carboxylic acids is 1. The Balaban J connectivity index is 1.36. The van der Waals surface area contributed by atoms with Gasteiger partial charge in [-0.15, -0.1) is 5.10 Å². The molecule has 1 aromatic heterocycles. The van der Waals surface area contributed by atoms with Gasteiger partial charge >= 0.3 is 0 Å². The van der Waals surface area contributed by atoms with E-state index in [-0.39, 0.29) is 5.91 Å². The smallest absolute Gasteiger partial charge is 0.251 e. The second kappa shape index (κ2) is 7.83. The minimum absolute atomic E-state index is 0.0521. The molecule has 3 aromatic carbocycles. The summed E-state index contributed by atoms with van der Waals surface area (Å²) < 4.78 is 1.87. The summed E-state index contributed by atoms with van der Waals surface area (Å²) in [7, 11) is 0. The van der Waals surface area contributed by atoms with Crippen LogP contribution in [-0.2, 0) is 13.0 Å². The molecule has 0 fully saturated rings. The van der Waals surface area contributed by atoms with Gasteiger partial charge in [-0.1, -0.05) is 59.8 Å². The van der Waals surface area contributed by atoms with Gasteiger partial charge in [0, 0.05) is 12.1 Å². The van der Waals surface area contributed by atoms with Crippen molar-refractivity contribution in [2.24, 2.45) is 0 Å². The third-order valence-electron chi connectivity index (χ3n) is 4.51. The van der Waals surface area contributed by atoms with Gasteiger partial charge in [0.1, 0.15) is 5.52 Å². The second-order valence-electron chi connectivity index (χ2n) is 6.42. The summed E-state index contributed by atoms with van der Waals surface area (Å²) in [6.07, 6.45) is 0.823. The SMILES string of the molecule is O=C(NCCc1ccccc1)c1ccc(Cn2nnc3ccccc32)cc1. The number of carbonyl (C=O) groups is 1. The maximum absolute atomic E-state index is 12.3. The molecule has 27 heavy (non-hydrogen) atoms. The lowest BCUT2D eigenvalue weighted by molar-refractivity contribution is 0.0954. The molecule has 5 heteroatoms. The van der Waals surface area contributed by atoms with Crippen LogP contribution in [0.2, 0.25) is 0 Å². The normalized spacial score (nSPS) is 10.8. The van der Waals surface area contributed by atoms with Crippen LogP contribution in [0.1, 0.15) is 21.5 Å². The fraction of sp³-hybridized carbons (Fsp3) is 0.136. The van der Waals surface area contributed by atoms with Crippen molar-refractivity contribution in [1.82, 2.24) is 20.3 Å². The number of benzene rings is 3. The second-order valence-corrected chi connectivity index (χ2v) is 6.42. The van der Waals surface area contributed by atoms with Crippen LogP contribution in [-0.4, -0.2) is 27.4 Å². The summed E-state index contributed by atoms with van der Waals surface area (Å²) >= 11 is 0. The van der Waals surface area contributed by atoms with E-state index >= 15 is 0 Å². The van der Waals surface area contributed by atoms with Crippen molar-refractivity contribution in [3.05, 3.63) is 95.6 Å². The molecule has 0 aliphatic carbocycles. The fourth-order valence-electron chi connectivity index (χ4n) is 3.04. The van der Waals surface area contributed by atoms with Crippen molar-refractivity contribution in [3.63, 3.8) is 0 Å². The topological polar surface area (TPSA) is 59.8 Å². The third kappa shape index (κ3) is 4.03. The van der Waals surface area contributed by atoms with E-state index in [4.69, 9.17) is 0 Å². The Hall–Kier alpha value is -3.47. The molecule has 4 aromatic rings. The van der Waals surface area contributed by atoms with Crippen molar-refractivity contribution >= 4 is 16.9 Å². The van der Waals surface area contributed by atoms with Crippen LogP contribution >= 0.6 is 0 Å². The quantitative estimate of drug-likeness (QED) is 0.576. The van der Waals surface area contributed by atoms with Crippen molar-refractivity contribution in [2.75, 3.05) is 6.54 Å². The van der Waals surface area contributed by atoms with Crippen LogP contribution < -0.4 is 5.32 Å². The van der Waals surface area contributed by atoms with E-state index in [0.717, 1.165) is 23.0 Å². The minimum Gasteiger partial charge on any atom is -0.352 e. The van der Waals surface area contributed by atoms with E-state index < -0.39 is 0 Å². The van der Waals surface area contributed by atoms with Gasteiger partial charge in [0.05, 0.1) is 12.1 Å². The molecule has 5 nitrogen and oxygen atoms in total. The van der Waals surface area contributed by atoms with Crippen LogP contribution in [0.4, 0.5) is 0 Å². The van der Waals surface area contributed by atoms with Crippen LogP contribution in [0.3, 0.4) is 0 Å².